The average Bonchev–Trinajstić information content (AvgIpc) is 3.35. The number of imidazole rings is 1. The first-order chi connectivity index (χ1) is 12.0. The Morgan fingerprint density at radius 2 is 2.00 bits per heavy atom. The van der Waals surface area contributed by atoms with Crippen LogP contribution in [0.5, 0.6) is 0 Å². The van der Waals surface area contributed by atoms with Crippen molar-refractivity contribution in [2.75, 3.05) is 18.5 Å². The van der Waals surface area contributed by atoms with Crippen LogP contribution >= 0.6 is 0 Å². The van der Waals surface area contributed by atoms with Gasteiger partial charge in [0.05, 0.1) is 6.54 Å². The van der Waals surface area contributed by atoms with E-state index in [9.17, 15) is 13.6 Å². The van der Waals surface area contributed by atoms with Crippen LogP contribution in [-0.4, -0.2) is 40.0 Å². The SMILES string of the molecule is CCN(C)c1ccc(C(=O)N(Cc2nccn2C(F)F)C2CC2)cc1. The van der Waals surface area contributed by atoms with Crippen LogP contribution in [0.1, 0.15) is 42.5 Å². The number of hydrogen-bond acceptors (Lipinski definition) is 3. The molecule has 0 aliphatic heterocycles. The van der Waals surface area contributed by atoms with E-state index in [1.165, 1.54) is 12.4 Å². The van der Waals surface area contributed by atoms with Gasteiger partial charge < -0.3 is 9.80 Å². The third kappa shape index (κ3) is 3.81. The summed E-state index contributed by atoms with van der Waals surface area (Å²) in [6.45, 7) is 0.367. The van der Waals surface area contributed by atoms with E-state index in [-0.39, 0.29) is 24.3 Å². The second-order valence-electron chi connectivity index (χ2n) is 6.25. The third-order valence-electron chi connectivity index (χ3n) is 4.55. The summed E-state index contributed by atoms with van der Waals surface area (Å²) in [6, 6.07) is 7.50. The minimum absolute atomic E-state index is 0.0947. The Labute approximate surface area is 145 Å². The van der Waals surface area contributed by atoms with E-state index < -0.39 is 6.55 Å². The quantitative estimate of drug-likeness (QED) is 0.768. The Balaban J connectivity index is 1.78. The van der Waals surface area contributed by atoms with Gasteiger partial charge in [-0.05, 0) is 44.0 Å². The van der Waals surface area contributed by atoms with Crippen molar-refractivity contribution in [1.82, 2.24) is 14.5 Å². The topological polar surface area (TPSA) is 41.4 Å². The van der Waals surface area contributed by atoms with Gasteiger partial charge >= 0.3 is 6.55 Å². The monoisotopic (exact) mass is 348 g/mol. The van der Waals surface area contributed by atoms with E-state index in [1.807, 2.05) is 19.2 Å². The van der Waals surface area contributed by atoms with Crippen molar-refractivity contribution in [3.8, 4) is 0 Å². The number of halogens is 2. The molecule has 1 aromatic carbocycles. The maximum absolute atomic E-state index is 13.0. The van der Waals surface area contributed by atoms with Crippen LogP contribution < -0.4 is 4.90 Å². The lowest BCUT2D eigenvalue weighted by molar-refractivity contribution is 0.0584. The normalized spacial score (nSPS) is 14.0. The van der Waals surface area contributed by atoms with Crippen LogP contribution in [0.2, 0.25) is 0 Å². The number of alkyl halides is 2. The molecule has 0 bridgehead atoms. The molecule has 25 heavy (non-hydrogen) atoms. The van der Waals surface area contributed by atoms with Crippen molar-refractivity contribution in [3.05, 3.63) is 48.0 Å². The van der Waals surface area contributed by atoms with E-state index in [4.69, 9.17) is 0 Å². The highest BCUT2D eigenvalue weighted by Gasteiger charge is 2.34. The van der Waals surface area contributed by atoms with Gasteiger partial charge in [-0.2, -0.15) is 8.78 Å². The molecule has 0 atom stereocenters. The number of carbonyl (C=O) groups excluding carboxylic acids is 1. The fourth-order valence-corrected chi connectivity index (χ4v) is 2.76. The summed E-state index contributed by atoms with van der Waals surface area (Å²) in [5.41, 5.74) is 1.60. The summed E-state index contributed by atoms with van der Waals surface area (Å²) in [4.78, 5) is 20.6. The predicted molar refractivity (Wildman–Crippen MR) is 91.8 cm³/mol. The number of rotatable bonds is 7. The van der Waals surface area contributed by atoms with Crippen LogP contribution in [0.15, 0.2) is 36.7 Å². The molecule has 1 saturated carbocycles. The van der Waals surface area contributed by atoms with E-state index in [1.54, 1.807) is 17.0 Å². The Morgan fingerprint density at radius 1 is 1.32 bits per heavy atom. The lowest BCUT2D eigenvalue weighted by atomic mass is 10.1. The molecule has 2 aromatic rings. The molecule has 3 rings (SSSR count). The zero-order valence-corrected chi connectivity index (χ0v) is 14.4. The number of hydrogen-bond donors (Lipinski definition) is 0. The van der Waals surface area contributed by atoms with Crippen molar-refractivity contribution >= 4 is 11.6 Å². The molecule has 1 aliphatic carbocycles. The molecule has 1 aromatic heterocycles. The summed E-state index contributed by atoms with van der Waals surface area (Å²) in [6.07, 6.45) is 4.38. The molecule has 7 heteroatoms. The first kappa shape index (κ1) is 17.4. The standard InChI is InChI=1S/C18H22F2N4O/c1-3-22(2)14-6-4-13(5-7-14)17(25)24(15-8-9-15)12-16-21-10-11-23(16)18(19)20/h4-7,10-11,15,18H,3,8-9,12H2,1-2H3. The summed E-state index contributed by atoms with van der Waals surface area (Å²) in [7, 11) is 1.98. The zero-order chi connectivity index (χ0) is 18.0. The second kappa shape index (κ2) is 7.21. The Bertz CT molecular complexity index is 725. The third-order valence-corrected chi connectivity index (χ3v) is 4.55. The van der Waals surface area contributed by atoms with Crippen LogP contribution in [-0.2, 0) is 6.54 Å². The fourth-order valence-electron chi connectivity index (χ4n) is 2.76. The smallest absolute Gasteiger partial charge is 0.319 e. The first-order valence-electron chi connectivity index (χ1n) is 8.43. The average molecular weight is 348 g/mol. The van der Waals surface area contributed by atoms with Crippen molar-refractivity contribution in [2.24, 2.45) is 0 Å². The molecule has 1 aliphatic rings. The van der Waals surface area contributed by atoms with Crippen LogP contribution in [0.4, 0.5) is 14.5 Å². The molecule has 5 nitrogen and oxygen atoms in total. The Morgan fingerprint density at radius 3 is 2.56 bits per heavy atom. The molecule has 1 fully saturated rings. The van der Waals surface area contributed by atoms with E-state index in [0.29, 0.717) is 5.56 Å². The largest absolute Gasteiger partial charge is 0.375 e. The van der Waals surface area contributed by atoms with Gasteiger partial charge in [0.15, 0.2) is 0 Å². The maximum atomic E-state index is 13.0. The number of benzene rings is 1. The van der Waals surface area contributed by atoms with Crippen molar-refractivity contribution in [1.29, 1.82) is 0 Å². The molecular formula is C18H22F2N4O. The summed E-state index contributed by atoms with van der Waals surface area (Å²) >= 11 is 0. The van der Waals surface area contributed by atoms with Gasteiger partial charge in [0.25, 0.3) is 5.91 Å². The van der Waals surface area contributed by atoms with Crippen molar-refractivity contribution in [2.45, 2.75) is 38.9 Å². The van der Waals surface area contributed by atoms with Gasteiger partial charge in [-0.15, -0.1) is 0 Å². The molecule has 0 saturated heterocycles. The summed E-state index contributed by atoms with van der Waals surface area (Å²) < 4.78 is 26.8. The van der Waals surface area contributed by atoms with Gasteiger partial charge in [-0.25, -0.2) is 4.98 Å². The number of amides is 1. The minimum Gasteiger partial charge on any atom is -0.375 e. The van der Waals surface area contributed by atoms with Gasteiger partial charge in [-0.1, -0.05) is 0 Å². The molecule has 0 spiro atoms. The Kier molecular flexibility index (Phi) is 5.01. The predicted octanol–water partition coefficient (Wildman–Crippen LogP) is 3.54. The maximum Gasteiger partial charge on any atom is 0.319 e. The summed E-state index contributed by atoms with van der Waals surface area (Å²) in [5.74, 6) is 0.0644. The molecule has 0 unspecified atom stereocenters. The molecule has 0 N–H and O–H groups in total. The van der Waals surface area contributed by atoms with E-state index in [0.717, 1.165) is 29.6 Å². The highest BCUT2D eigenvalue weighted by molar-refractivity contribution is 5.95. The number of nitrogens with zero attached hydrogens (tertiary/aromatic N) is 4. The van der Waals surface area contributed by atoms with Gasteiger partial charge in [0.2, 0.25) is 0 Å². The summed E-state index contributed by atoms with van der Waals surface area (Å²) in [5, 5.41) is 0. The van der Waals surface area contributed by atoms with Crippen LogP contribution in [0, 0.1) is 0 Å². The lowest BCUT2D eigenvalue weighted by Crippen LogP contribution is -2.33. The number of carbonyl (C=O) groups is 1. The van der Waals surface area contributed by atoms with E-state index >= 15 is 0 Å². The number of aromatic nitrogens is 2. The van der Waals surface area contributed by atoms with Gasteiger partial charge in [0, 0.05) is 43.3 Å². The zero-order valence-electron chi connectivity index (χ0n) is 14.4. The van der Waals surface area contributed by atoms with Crippen LogP contribution in [0.3, 0.4) is 0 Å². The van der Waals surface area contributed by atoms with Crippen molar-refractivity contribution < 1.29 is 13.6 Å². The fraction of sp³-hybridized carbons (Fsp3) is 0.444. The molecule has 1 amide bonds. The minimum atomic E-state index is -2.66. The molecule has 1 heterocycles. The van der Waals surface area contributed by atoms with Crippen molar-refractivity contribution in [3.63, 3.8) is 0 Å². The highest BCUT2D eigenvalue weighted by atomic mass is 19.3. The second-order valence-corrected chi connectivity index (χ2v) is 6.25. The lowest BCUT2D eigenvalue weighted by Gasteiger charge is -2.23. The van der Waals surface area contributed by atoms with Gasteiger partial charge in [-0.3, -0.25) is 9.36 Å². The molecular weight excluding hydrogens is 326 g/mol. The molecule has 134 valence electrons. The highest BCUT2D eigenvalue weighted by Crippen LogP contribution is 2.30. The molecule has 0 radical (unpaired) electrons. The van der Waals surface area contributed by atoms with Gasteiger partial charge in [0.1, 0.15) is 5.82 Å². The van der Waals surface area contributed by atoms with Crippen LogP contribution in [0.25, 0.3) is 0 Å². The van der Waals surface area contributed by atoms with E-state index in [2.05, 4.69) is 16.8 Å². The first-order valence-corrected chi connectivity index (χ1v) is 8.43. The Hall–Kier alpha value is -2.44. The number of anilines is 1.